The van der Waals surface area contributed by atoms with Crippen molar-refractivity contribution in [2.45, 2.75) is 48.1 Å². The van der Waals surface area contributed by atoms with Crippen LogP contribution in [0.25, 0.3) is 10.2 Å². The van der Waals surface area contributed by atoms with Gasteiger partial charge in [0.2, 0.25) is 0 Å². The predicted octanol–water partition coefficient (Wildman–Crippen LogP) is 5.37. The van der Waals surface area contributed by atoms with Crippen LogP contribution in [0.4, 0.5) is 0 Å². The monoisotopic (exact) mass is 327 g/mol. The minimum absolute atomic E-state index is 0.143. The van der Waals surface area contributed by atoms with Crippen LogP contribution in [-0.4, -0.2) is 4.57 Å². The van der Waals surface area contributed by atoms with Gasteiger partial charge in [-0.1, -0.05) is 43.7 Å². The molecule has 3 aromatic rings. The SMILES string of the molecule is CC.Cc1ccc(Cn2c(C)cc(=O)c3c(C)c(C)sc32)cc1. The smallest absolute Gasteiger partial charge is 0.190 e. The molecule has 2 heterocycles. The number of hydrogen-bond acceptors (Lipinski definition) is 2. The van der Waals surface area contributed by atoms with Gasteiger partial charge in [-0.2, -0.15) is 0 Å². The van der Waals surface area contributed by atoms with Crippen molar-refractivity contribution in [2.75, 3.05) is 0 Å². The Hall–Kier alpha value is -1.87. The third-order valence-electron chi connectivity index (χ3n) is 4.09. The molecule has 2 nitrogen and oxygen atoms in total. The Balaban J connectivity index is 0.000000924. The summed E-state index contributed by atoms with van der Waals surface area (Å²) < 4.78 is 2.26. The fourth-order valence-electron chi connectivity index (χ4n) is 2.66. The molecule has 0 unspecified atom stereocenters. The first-order valence-electron chi connectivity index (χ1n) is 8.13. The number of rotatable bonds is 2. The molecule has 0 atom stereocenters. The molecule has 0 fully saturated rings. The molecule has 3 rings (SSSR count). The highest BCUT2D eigenvalue weighted by Gasteiger charge is 2.13. The summed E-state index contributed by atoms with van der Waals surface area (Å²) in [6, 6.07) is 10.3. The zero-order valence-electron chi connectivity index (χ0n) is 14.9. The lowest BCUT2D eigenvalue weighted by Crippen LogP contribution is -2.11. The van der Waals surface area contributed by atoms with Crippen molar-refractivity contribution < 1.29 is 0 Å². The second kappa shape index (κ2) is 7.14. The lowest BCUT2D eigenvalue weighted by Gasteiger charge is -2.12. The van der Waals surface area contributed by atoms with Gasteiger partial charge in [0.25, 0.3) is 0 Å². The fraction of sp³-hybridized carbons (Fsp3) is 0.350. The molecule has 0 radical (unpaired) electrons. The normalized spacial score (nSPS) is 10.5. The molecule has 0 aliphatic rings. The minimum atomic E-state index is 0.143. The summed E-state index contributed by atoms with van der Waals surface area (Å²) in [5, 5.41) is 0.884. The Kier molecular flexibility index (Phi) is 5.42. The van der Waals surface area contributed by atoms with Crippen molar-refractivity contribution in [1.29, 1.82) is 0 Å². The van der Waals surface area contributed by atoms with E-state index in [1.54, 1.807) is 17.4 Å². The van der Waals surface area contributed by atoms with E-state index in [0.717, 1.165) is 28.0 Å². The van der Waals surface area contributed by atoms with Crippen molar-refractivity contribution in [2.24, 2.45) is 0 Å². The number of fused-ring (bicyclic) bond motifs is 1. The van der Waals surface area contributed by atoms with E-state index in [1.807, 2.05) is 27.7 Å². The number of pyridine rings is 1. The van der Waals surface area contributed by atoms with Crippen LogP contribution < -0.4 is 5.43 Å². The molecule has 3 heteroatoms. The Labute approximate surface area is 142 Å². The van der Waals surface area contributed by atoms with E-state index in [9.17, 15) is 4.79 Å². The Bertz CT molecular complexity index is 869. The molecule has 0 spiro atoms. The van der Waals surface area contributed by atoms with Crippen LogP contribution >= 0.6 is 11.3 Å². The van der Waals surface area contributed by atoms with E-state index in [-0.39, 0.29) is 5.43 Å². The van der Waals surface area contributed by atoms with Crippen LogP contribution in [0.3, 0.4) is 0 Å². The van der Waals surface area contributed by atoms with E-state index >= 15 is 0 Å². The predicted molar refractivity (Wildman–Crippen MR) is 102 cm³/mol. The Morgan fingerprint density at radius 2 is 1.61 bits per heavy atom. The van der Waals surface area contributed by atoms with Gasteiger partial charge in [0.15, 0.2) is 5.43 Å². The van der Waals surface area contributed by atoms with Crippen molar-refractivity contribution in [1.82, 2.24) is 4.57 Å². The zero-order valence-corrected chi connectivity index (χ0v) is 15.7. The molecule has 0 amide bonds. The van der Waals surface area contributed by atoms with Gasteiger partial charge in [-0.3, -0.25) is 4.79 Å². The first-order valence-corrected chi connectivity index (χ1v) is 8.94. The molecule has 0 saturated carbocycles. The summed E-state index contributed by atoms with van der Waals surface area (Å²) in [6.45, 7) is 13.0. The second-order valence-electron chi connectivity index (χ2n) is 5.69. The van der Waals surface area contributed by atoms with Gasteiger partial charge in [0, 0.05) is 23.2 Å². The Morgan fingerprint density at radius 1 is 1.00 bits per heavy atom. The van der Waals surface area contributed by atoms with Crippen molar-refractivity contribution >= 4 is 21.6 Å². The van der Waals surface area contributed by atoms with E-state index in [2.05, 4.69) is 42.7 Å². The van der Waals surface area contributed by atoms with Crippen LogP contribution in [0.2, 0.25) is 0 Å². The molecule has 1 aromatic carbocycles. The van der Waals surface area contributed by atoms with Crippen LogP contribution in [0.1, 0.15) is 41.1 Å². The molecule has 0 bridgehead atoms. The highest BCUT2D eigenvalue weighted by atomic mass is 32.1. The summed E-state index contributed by atoms with van der Waals surface area (Å²) in [4.78, 5) is 14.6. The van der Waals surface area contributed by atoms with Gasteiger partial charge >= 0.3 is 0 Å². The lowest BCUT2D eigenvalue weighted by atomic mass is 10.1. The molecule has 2 aromatic heterocycles. The summed E-state index contributed by atoms with van der Waals surface area (Å²) in [5.74, 6) is 0. The van der Waals surface area contributed by atoms with Gasteiger partial charge in [-0.05, 0) is 38.8 Å². The molecule has 0 aliphatic carbocycles. The van der Waals surface area contributed by atoms with Crippen LogP contribution in [0.15, 0.2) is 35.1 Å². The third kappa shape index (κ3) is 3.40. The van der Waals surface area contributed by atoms with Gasteiger partial charge in [-0.25, -0.2) is 0 Å². The molecular weight excluding hydrogens is 302 g/mol. The van der Waals surface area contributed by atoms with Gasteiger partial charge < -0.3 is 4.57 Å². The number of aryl methyl sites for hydroxylation is 4. The average molecular weight is 327 g/mol. The molecule has 0 N–H and O–H groups in total. The number of benzene rings is 1. The first kappa shape index (κ1) is 17.5. The zero-order chi connectivity index (χ0) is 17.1. The van der Waals surface area contributed by atoms with E-state index in [0.29, 0.717) is 0 Å². The summed E-state index contributed by atoms with van der Waals surface area (Å²) in [7, 11) is 0. The summed E-state index contributed by atoms with van der Waals surface area (Å²) in [5.41, 5.74) is 4.82. The molecular formula is C20H25NOS. The number of thiophene rings is 1. The minimum Gasteiger partial charge on any atom is -0.332 e. The standard InChI is InChI=1S/C18H19NOS.C2H6/c1-11-5-7-15(8-6-11)10-19-12(2)9-16(20)17-13(3)14(4)21-18(17)19;1-2/h5-9H,10H2,1-4H3;1-2H3. The molecule has 23 heavy (non-hydrogen) atoms. The Morgan fingerprint density at radius 3 is 2.22 bits per heavy atom. The molecule has 122 valence electrons. The third-order valence-corrected chi connectivity index (χ3v) is 5.32. The largest absolute Gasteiger partial charge is 0.332 e. The first-order chi connectivity index (χ1) is 11.0. The van der Waals surface area contributed by atoms with Gasteiger partial charge in [-0.15, -0.1) is 11.3 Å². The number of nitrogens with zero attached hydrogens (tertiary/aromatic N) is 1. The highest BCUT2D eigenvalue weighted by Crippen LogP contribution is 2.29. The van der Waals surface area contributed by atoms with E-state index in [4.69, 9.17) is 0 Å². The maximum atomic E-state index is 12.3. The van der Waals surface area contributed by atoms with Crippen LogP contribution in [-0.2, 0) is 6.54 Å². The highest BCUT2D eigenvalue weighted by molar-refractivity contribution is 7.18. The van der Waals surface area contributed by atoms with Gasteiger partial charge in [0.05, 0.1) is 5.39 Å². The van der Waals surface area contributed by atoms with Crippen molar-refractivity contribution in [3.05, 3.63) is 67.8 Å². The average Bonchev–Trinajstić information content (AvgIpc) is 2.83. The maximum absolute atomic E-state index is 12.3. The van der Waals surface area contributed by atoms with Crippen LogP contribution in [0.5, 0.6) is 0 Å². The summed E-state index contributed by atoms with van der Waals surface area (Å²) >= 11 is 1.72. The van der Waals surface area contributed by atoms with Crippen LogP contribution in [0, 0.1) is 27.7 Å². The van der Waals surface area contributed by atoms with Gasteiger partial charge in [0.1, 0.15) is 4.83 Å². The second-order valence-corrected chi connectivity index (χ2v) is 6.89. The molecule has 0 aliphatic heterocycles. The summed E-state index contributed by atoms with van der Waals surface area (Å²) in [6.07, 6.45) is 0. The molecule has 0 saturated heterocycles. The number of aromatic nitrogens is 1. The van der Waals surface area contributed by atoms with Crippen molar-refractivity contribution in [3.63, 3.8) is 0 Å². The maximum Gasteiger partial charge on any atom is 0.190 e. The fourth-order valence-corrected chi connectivity index (χ4v) is 3.88. The van der Waals surface area contributed by atoms with Crippen molar-refractivity contribution in [3.8, 4) is 0 Å². The van der Waals surface area contributed by atoms with E-state index < -0.39 is 0 Å². The van der Waals surface area contributed by atoms with E-state index in [1.165, 1.54) is 16.0 Å². The lowest BCUT2D eigenvalue weighted by molar-refractivity contribution is 0.798. The topological polar surface area (TPSA) is 22.0 Å². The number of hydrogen-bond donors (Lipinski definition) is 0. The quantitative estimate of drug-likeness (QED) is 0.620.